The molecule has 4 heteroatoms. The lowest BCUT2D eigenvalue weighted by molar-refractivity contribution is -0.151. The third-order valence-electron chi connectivity index (χ3n) is 3.81. The molecule has 3 atom stereocenters. The van der Waals surface area contributed by atoms with Crippen LogP contribution in [0.2, 0.25) is 0 Å². The van der Waals surface area contributed by atoms with Crippen molar-refractivity contribution in [3.63, 3.8) is 0 Å². The maximum atomic E-state index is 12.5. The molecule has 0 bridgehead atoms. The fourth-order valence-corrected chi connectivity index (χ4v) is 2.48. The first kappa shape index (κ1) is 14.7. The van der Waals surface area contributed by atoms with Gasteiger partial charge >= 0.3 is 5.97 Å². The Balaban J connectivity index is 2.86. The molecule has 0 aromatic heterocycles. The first-order valence-corrected chi connectivity index (χ1v) is 6.71. The fourth-order valence-electron chi connectivity index (χ4n) is 2.48. The summed E-state index contributed by atoms with van der Waals surface area (Å²) in [4.78, 5) is 25.5. The number of carbonyl (C=O) groups is 2. The van der Waals surface area contributed by atoms with E-state index in [1.54, 1.807) is 4.90 Å². The third kappa shape index (κ3) is 3.12. The van der Waals surface area contributed by atoms with Crippen LogP contribution >= 0.6 is 0 Å². The zero-order chi connectivity index (χ0) is 13.7. The van der Waals surface area contributed by atoms with Crippen LogP contribution in [0.4, 0.5) is 0 Å². The van der Waals surface area contributed by atoms with Gasteiger partial charge in [0, 0.05) is 12.6 Å². The second-order valence-electron chi connectivity index (χ2n) is 4.88. The standard InChI is InChI=1S/C14H23NO3/c1-4-10(3)15(5-2)13(16)11-8-6-7-9-12(11)14(17)18/h6-7,10-12H,4-5,8-9H2,1-3H3,(H,17,18). The fraction of sp³-hybridized carbons (Fsp3) is 0.714. The van der Waals surface area contributed by atoms with Crippen LogP contribution in [-0.2, 0) is 9.59 Å². The van der Waals surface area contributed by atoms with Crippen LogP contribution in [-0.4, -0.2) is 34.5 Å². The molecule has 0 radical (unpaired) electrons. The predicted octanol–water partition coefficient (Wildman–Crippen LogP) is 2.30. The third-order valence-corrected chi connectivity index (χ3v) is 3.81. The highest BCUT2D eigenvalue weighted by atomic mass is 16.4. The molecule has 0 saturated carbocycles. The number of nitrogens with zero attached hydrogens (tertiary/aromatic N) is 1. The van der Waals surface area contributed by atoms with Crippen LogP contribution in [0.25, 0.3) is 0 Å². The summed E-state index contributed by atoms with van der Waals surface area (Å²) in [6.07, 6.45) is 5.68. The van der Waals surface area contributed by atoms with Crippen LogP contribution in [0.1, 0.15) is 40.0 Å². The molecule has 1 rings (SSSR count). The van der Waals surface area contributed by atoms with Crippen molar-refractivity contribution in [1.82, 2.24) is 4.90 Å². The molecule has 1 N–H and O–H groups in total. The van der Waals surface area contributed by atoms with E-state index < -0.39 is 17.8 Å². The lowest BCUT2D eigenvalue weighted by atomic mass is 9.82. The number of rotatable bonds is 5. The monoisotopic (exact) mass is 253 g/mol. The SMILES string of the molecule is CCC(C)N(CC)C(=O)C1CC=CCC1C(=O)O. The van der Waals surface area contributed by atoms with Crippen molar-refractivity contribution in [2.24, 2.45) is 11.8 Å². The van der Waals surface area contributed by atoms with Crippen LogP contribution in [0.15, 0.2) is 12.2 Å². The van der Waals surface area contributed by atoms with Crippen LogP contribution in [0.3, 0.4) is 0 Å². The van der Waals surface area contributed by atoms with E-state index in [1.165, 1.54) is 0 Å². The summed E-state index contributed by atoms with van der Waals surface area (Å²) in [5.74, 6) is -1.84. The van der Waals surface area contributed by atoms with Crippen LogP contribution in [0.5, 0.6) is 0 Å². The van der Waals surface area contributed by atoms with Crippen molar-refractivity contribution in [3.05, 3.63) is 12.2 Å². The molecule has 0 heterocycles. The Labute approximate surface area is 109 Å². The Bertz CT molecular complexity index is 338. The van der Waals surface area contributed by atoms with Gasteiger partial charge in [-0.15, -0.1) is 0 Å². The second kappa shape index (κ2) is 6.57. The molecule has 1 amide bonds. The Kier molecular flexibility index (Phi) is 5.38. The number of hydrogen-bond acceptors (Lipinski definition) is 2. The molecule has 18 heavy (non-hydrogen) atoms. The second-order valence-corrected chi connectivity index (χ2v) is 4.88. The van der Waals surface area contributed by atoms with Gasteiger partial charge in [-0.2, -0.15) is 0 Å². The maximum Gasteiger partial charge on any atom is 0.307 e. The van der Waals surface area contributed by atoms with E-state index in [4.69, 9.17) is 0 Å². The van der Waals surface area contributed by atoms with Gasteiger partial charge in [0.2, 0.25) is 5.91 Å². The van der Waals surface area contributed by atoms with Gasteiger partial charge in [0.1, 0.15) is 0 Å². The largest absolute Gasteiger partial charge is 0.481 e. The Morgan fingerprint density at radius 3 is 2.28 bits per heavy atom. The zero-order valence-electron chi connectivity index (χ0n) is 11.4. The van der Waals surface area contributed by atoms with Crippen LogP contribution in [0, 0.1) is 11.8 Å². The van der Waals surface area contributed by atoms with Gasteiger partial charge in [0.15, 0.2) is 0 Å². The molecular weight excluding hydrogens is 230 g/mol. The van der Waals surface area contributed by atoms with E-state index in [0.717, 1.165) is 6.42 Å². The Hall–Kier alpha value is -1.32. The normalized spacial score (nSPS) is 24.6. The molecule has 0 fully saturated rings. The molecule has 0 saturated heterocycles. The molecule has 1 aliphatic rings. The first-order chi connectivity index (χ1) is 8.52. The van der Waals surface area contributed by atoms with E-state index in [-0.39, 0.29) is 11.9 Å². The highest BCUT2D eigenvalue weighted by molar-refractivity contribution is 5.85. The van der Waals surface area contributed by atoms with Crippen molar-refractivity contribution < 1.29 is 14.7 Å². The van der Waals surface area contributed by atoms with Gasteiger partial charge in [-0.1, -0.05) is 19.1 Å². The number of allylic oxidation sites excluding steroid dienone is 2. The first-order valence-electron chi connectivity index (χ1n) is 6.71. The van der Waals surface area contributed by atoms with Gasteiger partial charge in [0.25, 0.3) is 0 Å². The average Bonchev–Trinajstić information content (AvgIpc) is 2.39. The van der Waals surface area contributed by atoms with Gasteiger partial charge in [-0.05, 0) is 33.1 Å². The topological polar surface area (TPSA) is 57.6 Å². The van der Waals surface area contributed by atoms with E-state index in [2.05, 4.69) is 0 Å². The number of carboxylic acid groups (broad SMARTS) is 1. The molecule has 4 nitrogen and oxygen atoms in total. The van der Waals surface area contributed by atoms with Gasteiger partial charge in [-0.25, -0.2) is 0 Å². The van der Waals surface area contributed by atoms with Gasteiger partial charge < -0.3 is 10.0 Å². The van der Waals surface area contributed by atoms with E-state index in [9.17, 15) is 14.7 Å². The summed E-state index contributed by atoms with van der Waals surface area (Å²) in [6, 6.07) is 0.169. The average molecular weight is 253 g/mol. The smallest absolute Gasteiger partial charge is 0.307 e. The summed E-state index contributed by atoms with van der Waals surface area (Å²) in [5.41, 5.74) is 0. The molecule has 1 aliphatic carbocycles. The zero-order valence-corrected chi connectivity index (χ0v) is 11.4. The highest BCUT2D eigenvalue weighted by Gasteiger charge is 2.36. The molecule has 0 aromatic carbocycles. The Morgan fingerprint density at radius 2 is 1.83 bits per heavy atom. The van der Waals surface area contributed by atoms with Crippen molar-refractivity contribution in [1.29, 1.82) is 0 Å². The van der Waals surface area contributed by atoms with E-state index in [1.807, 2.05) is 32.9 Å². The molecule has 0 aromatic rings. The minimum Gasteiger partial charge on any atom is -0.481 e. The van der Waals surface area contributed by atoms with Gasteiger partial charge in [-0.3, -0.25) is 9.59 Å². The minimum atomic E-state index is -0.863. The van der Waals surface area contributed by atoms with Crippen molar-refractivity contribution >= 4 is 11.9 Å². The quantitative estimate of drug-likeness (QED) is 0.765. The van der Waals surface area contributed by atoms with Gasteiger partial charge in [0.05, 0.1) is 11.8 Å². The summed E-state index contributed by atoms with van der Waals surface area (Å²) in [6.45, 7) is 6.63. The summed E-state index contributed by atoms with van der Waals surface area (Å²) < 4.78 is 0. The molecule has 3 unspecified atom stereocenters. The minimum absolute atomic E-state index is 0.0106. The van der Waals surface area contributed by atoms with Crippen molar-refractivity contribution in [3.8, 4) is 0 Å². The van der Waals surface area contributed by atoms with Crippen molar-refractivity contribution in [2.45, 2.75) is 46.1 Å². The number of amides is 1. The lowest BCUT2D eigenvalue weighted by Crippen LogP contribution is -2.45. The molecule has 0 spiro atoms. The Morgan fingerprint density at radius 1 is 1.28 bits per heavy atom. The highest BCUT2D eigenvalue weighted by Crippen LogP contribution is 2.28. The summed E-state index contributed by atoms with van der Waals surface area (Å²) >= 11 is 0. The van der Waals surface area contributed by atoms with E-state index >= 15 is 0 Å². The molecule has 102 valence electrons. The summed E-state index contributed by atoms with van der Waals surface area (Å²) in [7, 11) is 0. The number of carboxylic acids is 1. The van der Waals surface area contributed by atoms with Crippen LogP contribution < -0.4 is 0 Å². The summed E-state index contributed by atoms with van der Waals surface area (Å²) in [5, 5.41) is 9.20. The number of aliphatic carboxylic acids is 1. The number of carbonyl (C=O) groups excluding carboxylic acids is 1. The molecule has 0 aliphatic heterocycles. The maximum absolute atomic E-state index is 12.5. The number of hydrogen-bond donors (Lipinski definition) is 1. The van der Waals surface area contributed by atoms with Crippen molar-refractivity contribution in [2.75, 3.05) is 6.54 Å². The lowest BCUT2D eigenvalue weighted by Gasteiger charge is -2.33. The predicted molar refractivity (Wildman–Crippen MR) is 70.1 cm³/mol. The van der Waals surface area contributed by atoms with E-state index in [0.29, 0.717) is 19.4 Å². The molecular formula is C14H23NO3.